The Hall–Kier alpha value is -0.960. The predicted molar refractivity (Wildman–Crippen MR) is 51.5 cm³/mol. The van der Waals surface area contributed by atoms with Crippen LogP contribution in [0.2, 0.25) is 0 Å². The van der Waals surface area contributed by atoms with Crippen molar-refractivity contribution in [3.8, 4) is 0 Å². The summed E-state index contributed by atoms with van der Waals surface area (Å²) < 4.78 is 25.0. The van der Waals surface area contributed by atoms with E-state index in [9.17, 15) is 8.78 Å². The molecular weight excluding hydrogens is 184 g/mol. The van der Waals surface area contributed by atoms with Crippen molar-refractivity contribution >= 4 is 0 Å². The minimum Gasteiger partial charge on any atom is -0.312 e. The standard InChI is InChI=1S/C11H13F2N/c1-7-4-9(11(12)13)5-8-2-3-14-6-10(7)8/h4-5,11,14H,2-3,6H2,1H3. The Morgan fingerprint density at radius 1 is 1.36 bits per heavy atom. The maximum atomic E-state index is 12.5. The Labute approximate surface area is 82.1 Å². The summed E-state index contributed by atoms with van der Waals surface area (Å²) in [4.78, 5) is 0. The van der Waals surface area contributed by atoms with Crippen molar-refractivity contribution in [2.45, 2.75) is 26.3 Å². The highest BCUT2D eigenvalue weighted by molar-refractivity contribution is 5.40. The van der Waals surface area contributed by atoms with E-state index in [2.05, 4.69) is 5.32 Å². The molecule has 1 aliphatic heterocycles. The molecule has 76 valence electrons. The average molecular weight is 197 g/mol. The van der Waals surface area contributed by atoms with Gasteiger partial charge in [-0.2, -0.15) is 0 Å². The van der Waals surface area contributed by atoms with Gasteiger partial charge in [-0.05, 0) is 42.6 Å². The molecule has 0 amide bonds. The second kappa shape index (κ2) is 3.65. The third kappa shape index (κ3) is 1.64. The van der Waals surface area contributed by atoms with Crippen molar-refractivity contribution in [1.82, 2.24) is 5.32 Å². The molecule has 3 heteroatoms. The van der Waals surface area contributed by atoms with Gasteiger partial charge < -0.3 is 5.32 Å². The van der Waals surface area contributed by atoms with E-state index in [1.807, 2.05) is 6.92 Å². The van der Waals surface area contributed by atoms with Gasteiger partial charge in [-0.15, -0.1) is 0 Å². The summed E-state index contributed by atoms with van der Waals surface area (Å²) in [7, 11) is 0. The summed E-state index contributed by atoms with van der Waals surface area (Å²) in [5.41, 5.74) is 3.41. The van der Waals surface area contributed by atoms with Crippen LogP contribution in [-0.4, -0.2) is 6.54 Å². The first-order chi connectivity index (χ1) is 6.68. The van der Waals surface area contributed by atoms with Gasteiger partial charge in [0.05, 0.1) is 0 Å². The molecule has 1 aromatic rings. The topological polar surface area (TPSA) is 12.0 Å². The van der Waals surface area contributed by atoms with Crippen LogP contribution in [-0.2, 0) is 13.0 Å². The molecule has 1 heterocycles. The molecule has 2 rings (SSSR count). The van der Waals surface area contributed by atoms with Crippen LogP contribution < -0.4 is 5.32 Å². The predicted octanol–water partition coefficient (Wildman–Crippen LogP) is 2.58. The molecule has 1 aliphatic rings. The molecule has 14 heavy (non-hydrogen) atoms. The molecule has 1 aromatic carbocycles. The van der Waals surface area contributed by atoms with E-state index >= 15 is 0 Å². The quantitative estimate of drug-likeness (QED) is 0.729. The molecule has 0 bridgehead atoms. The summed E-state index contributed by atoms with van der Waals surface area (Å²) >= 11 is 0. The molecule has 0 radical (unpaired) electrons. The van der Waals surface area contributed by atoms with Crippen LogP contribution in [0, 0.1) is 6.92 Å². The van der Waals surface area contributed by atoms with Crippen molar-refractivity contribution < 1.29 is 8.78 Å². The maximum Gasteiger partial charge on any atom is 0.263 e. The lowest BCUT2D eigenvalue weighted by atomic mass is 9.94. The van der Waals surface area contributed by atoms with E-state index in [0.717, 1.165) is 30.6 Å². The van der Waals surface area contributed by atoms with Crippen LogP contribution in [0.25, 0.3) is 0 Å². The van der Waals surface area contributed by atoms with Gasteiger partial charge in [0.15, 0.2) is 0 Å². The number of rotatable bonds is 1. The van der Waals surface area contributed by atoms with Crippen LogP contribution in [0.3, 0.4) is 0 Å². The van der Waals surface area contributed by atoms with Gasteiger partial charge in [-0.1, -0.05) is 6.07 Å². The van der Waals surface area contributed by atoms with Gasteiger partial charge in [0.1, 0.15) is 0 Å². The lowest BCUT2D eigenvalue weighted by molar-refractivity contribution is 0.151. The highest BCUT2D eigenvalue weighted by atomic mass is 19.3. The third-order valence-electron chi connectivity index (χ3n) is 2.71. The molecule has 0 aliphatic carbocycles. The molecule has 0 saturated heterocycles. The Bertz CT molecular complexity index is 347. The minimum absolute atomic E-state index is 0.156. The Kier molecular flexibility index (Phi) is 2.50. The number of benzene rings is 1. The Balaban J connectivity index is 2.46. The normalized spacial score (nSPS) is 15.7. The zero-order chi connectivity index (χ0) is 10.1. The lowest BCUT2D eigenvalue weighted by Gasteiger charge is -2.20. The SMILES string of the molecule is Cc1cc(C(F)F)cc2c1CNCC2. The van der Waals surface area contributed by atoms with Gasteiger partial charge in [-0.3, -0.25) is 0 Å². The summed E-state index contributed by atoms with van der Waals surface area (Å²) in [6.45, 7) is 3.60. The third-order valence-corrected chi connectivity index (χ3v) is 2.71. The van der Waals surface area contributed by atoms with Crippen LogP contribution in [0.4, 0.5) is 8.78 Å². The summed E-state index contributed by atoms with van der Waals surface area (Å²) in [6.07, 6.45) is -1.50. The largest absolute Gasteiger partial charge is 0.312 e. The fourth-order valence-corrected chi connectivity index (χ4v) is 1.96. The molecule has 1 N–H and O–H groups in total. The Morgan fingerprint density at radius 3 is 2.86 bits per heavy atom. The van der Waals surface area contributed by atoms with Gasteiger partial charge in [-0.25, -0.2) is 8.78 Å². The fourth-order valence-electron chi connectivity index (χ4n) is 1.96. The number of aryl methyl sites for hydroxylation is 1. The first-order valence-electron chi connectivity index (χ1n) is 4.79. The number of nitrogens with one attached hydrogen (secondary N) is 1. The summed E-state index contributed by atoms with van der Waals surface area (Å²) in [6, 6.07) is 3.24. The van der Waals surface area contributed by atoms with Crippen LogP contribution in [0.1, 0.15) is 28.7 Å². The van der Waals surface area contributed by atoms with Gasteiger partial charge in [0, 0.05) is 12.1 Å². The van der Waals surface area contributed by atoms with Crippen LogP contribution >= 0.6 is 0 Å². The van der Waals surface area contributed by atoms with Crippen molar-refractivity contribution in [3.63, 3.8) is 0 Å². The van der Waals surface area contributed by atoms with Crippen molar-refractivity contribution in [1.29, 1.82) is 0 Å². The highest BCUT2D eigenvalue weighted by Crippen LogP contribution is 2.26. The molecule has 0 fully saturated rings. The average Bonchev–Trinajstić information content (AvgIpc) is 2.17. The molecule has 1 nitrogen and oxygen atoms in total. The second-order valence-corrected chi connectivity index (χ2v) is 3.70. The van der Waals surface area contributed by atoms with Crippen molar-refractivity contribution in [2.75, 3.05) is 6.54 Å². The Morgan fingerprint density at radius 2 is 2.14 bits per heavy atom. The van der Waals surface area contributed by atoms with Crippen molar-refractivity contribution in [2.24, 2.45) is 0 Å². The zero-order valence-electron chi connectivity index (χ0n) is 8.11. The fraction of sp³-hybridized carbons (Fsp3) is 0.455. The van der Waals surface area contributed by atoms with E-state index in [0.29, 0.717) is 0 Å². The van der Waals surface area contributed by atoms with Gasteiger partial charge >= 0.3 is 0 Å². The summed E-state index contributed by atoms with van der Waals surface area (Å²) in [5, 5.41) is 3.24. The zero-order valence-corrected chi connectivity index (χ0v) is 8.11. The monoisotopic (exact) mass is 197 g/mol. The molecule has 0 atom stereocenters. The minimum atomic E-state index is -2.35. The molecular formula is C11H13F2N. The lowest BCUT2D eigenvalue weighted by Crippen LogP contribution is -2.24. The van der Waals surface area contributed by atoms with Crippen molar-refractivity contribution in [3.05, 3.63) is 34.4 Å². The summed E-state index contributed by atoms with van der Waals surface area (Å²) in [5.74, 6) is 0. The van der Waals surface area contributed by atoms with E-state index in [-0.39, 0.29) is 5.56 Å². The smallest absolute Gasteiger partial charge is 0.263 e. The molecule has 0 spiro atoms. The van der Waals surface area contributed by atoms with Crippen LogP contribution in [0.5, 0.6) is 0 Å². The van der Waals surface area contributed by atoms with Crippen LogP contribution in [0.15, 0.2) is 12.1 Å². The molecule has 0 aromatic heterocycles. The number of halogens is 2. The first-order valence-corrected chi connectivity index (χ1v) is 4.79. The maximum absolute atomic E-state index is 12.5. The first kappa shape index (κ1) is 9.59. The van der Waals surface area contributed by atoms with E-state index in [1.54, 1.807) is 12.1 Å². The van der Waals surface area contributed by atoms with E-state index < -0.39 is 6.43 Å². The molecule has 0 unspecified atom stereocenters. The van der Waals surface area contributed by atoms with E-state index in [1.165, 1.54) is 5.56 Å². The number of hydrogen-bond donors (Lipinski definition) is 1. The number of hydrogen-bond acceptors (Lipinski definition) is 1. The number of fused-ring (bicyclic) bond motifs is 1. The second-order valence-electron chi connectivity index (χ2n) is 3.70. The van der Waals surface area contributed by atoms with E-state index in [4.69, 9.17) is 0 Å². The van der Waals surface area contributed by atoms with Gasteiger partial charge in [0.25, 0.3) is 6.43 Å². The highest BCUT2D eigenvalue weighted by Gasteiger charge is 2.15. The molecule has 0 saturated carbocycles. The van der Waals surface area contributed by atoms with Gasteiger partial charge in [0.2, 0.25) is 0 Å². The number of alkyl halides is 2.